The topological polar surface area (TPSA) is 61.8 Å². The van der Waals surface area contributed by atoms with Crippen LogP contribution >= 0.6 is 0 Å². The maximum Gasteiger partial charge on any atom is 0.246 e. The lowest BCUT2D eigenvalue weighted by Crippen LogP contribution is -2.62. The molecule has 1 saturated heterocycles. The first-order chi connectivity index (χ1) is 13.4. The summed E-state index contributed by atoms with van der Waals surface area (Å²) in [6, 6.07) is 15.5. The summed E-state index contributed by atoms with van der Waals surface area (Å²) in [5.41, 5.74) is 0.758. The molecule has 0 saturated carbocycles. The molecular formula is C22H27FN2O3. The molecule has 1 fully saturated rings. The van der Waals surface area contributed by atoms with Crippen LogP contribution in [0.3, 0.4) is 0 Å². The van der Waals surface area contributed by atoms with Crippen molar-refractivity contribution in [1.82, 2.24) is 10.2 Å². The van der Waals surface area contributed by atoms with Crippen molar-refractivity contribution in [3.05, 3.63) is 71.5 Å². The third-order valence-electron chi connectivity index (χ3n) is 5.29. The minimum absolute atomic E-state index is 0.0714. The first-order valence-electron chi connectivity index (χ1n) is 9.45. The normalized spacial score (nSPS) is 25.4. The van der Waals surface area contributed by atoms with Gasteiger partial charge in [-0.1, -0.05) is 42.5 Å². The number of rotatable bonds is 6. The fourth-order valence-electron chi connectivity index (χ4n) is 3.90. The molecule has 0 aliphatic carbocycles. The molecule has 2 aromatic rings. The van der Waals surface area contributed by atoms with Gasteiger partial charge in [0.1, 0.15) is 12.4 Å². The number of ether oxygens (including phenoxy) is 1. The van der Waals surface area contributed by atoms with Gasteiger partial charge in [-0.25, -0.2) is 4.39 Å². The molecular weight excluding hydrogens is 359 g/mol. The number of benzene rings is 2. The first kappa shape index (κ1) is 20.5. The Morgan fingerprint density at radius 3 is 2.71 bits per heavy atom. The van der Waals surface area contributed by atoms with Gasteiger partial charge in [-0.15, -0.1) is 0 Å². The molecule has 0 bridgehead atoms. The number of nitrogens with one attached hydrogen (secondary N) is 1. The molecule has 0 aromatic heterocycles. The average molecular weight is 386 g/mol. The van der Waals surface area contributed by atoms with Gasteiger partial charge in [-0.3, -0.25) is 9.69 Å². The van der Waals surface area contributed by atoms with E-state index >= 15 is 0 Å². The van der Waals surface area contributed by atoms with Crippen molar-refractivity contribution in [2.75, 3.05) is 20.3 Å². The molecule has 150 valence electrons. The van der Waals surface area contributed by atoms with Crippen molar-refractivity contribution in [2.45, 2.75) is 37.6 Å². The van der Waals surface area contributed by atoms with Crippen LogP contribution in [0.25, 0.3) is 0 Å². The fraction of sp³-hybridized carbons (Fsp3) is 0.409. The Morgan fingerprint density at radius 1 is 1.29 bits per heavy atom. The largest absolute Gasteiger partial charge is 0.388 e. The Morgan fingerprint density at radius 2 is 2.04 bits per heavy atom. The Hall–Kier alpha value is -2.28. The summed E-state index contributed by atoms with van der Waals surface area (Å²) in [5.74, 6) is -0.552. The van der Waals surface area contributed by atoms with Gasteiger partial charge in [0.05, 0.1) is 17.7 Å². The Labute approximate surface area is 165 Å². The van der Waals surface area contributed by atoms with Gasteiger partial charge in [0, 0.05) is 20.2 Å². The number of methoxy groups -OCH3 is 1. The predicted octanol–water partition coefficient (Wildman–Crippen LogP) is 2.65. The van der Waals surface area contributed by atoms with E-state index in [1.807, 2.05) is 36.4 Å². The van der Waals surface area contributed by atoms with Crippen molar-refractivity contribution in [1.29, 1.82) is 0 Å². The van der Waals surface area contributed by atoms with Crippen molar-refractivity contribution in [2.24, 2.45) is 0 Å². The summed E-state index contributed by atoms with van der Waals surface area (Å²) in [7, 11) is 1.46. The molecule has 0 spiro atoms. The van der Waals surface area contributed by atoms with E-state index < -0.39 is 11.6 Å². The highest BCUT2D eigenvalue weighted by molar-refractivity contribution is 5.77. The van der Waals surface area contributed by atoms with Gasteiger partial charge in [0.2, 0.25) is 5.91 Å². The van der Waals surface area contributed by atoms with E-state index in [9.17, 15) is 14.3 Å². The third kappa shape index (κ3) is 4.76. The number of amides is 1. The molecule has 1 aliphatic rings. The van der Waals surface area contributed by atoms with Gasteiger partial charge in [0.25, 0.3) is 0 Å². The number of piperidine rings is 1. The van der Waals surface area contributed by atoms with Crippen molar-refractivity contribution < 1.29 is 19.0 Å². The summed E-state index contributed by atoms with van der Waals surface area (Å²) in [4.78, 5) is 14.5. The predicted molar refractivity (Wildman–Crippen MR) is 105 cm³/mol. The lowest BCUT2D eigenvalue weighted by molar-refractivity contribution is -0.132. The van der Waals surface area contributed by atoms with Crippen LogP contribution in [0.15, 0.2) is 54.6 Å². The molecule has 3 atom stereocenters. The van der Waals surface area contributed by atoms with E-state index in [0.717, 1.165) is 11.1 Å². The lowest BCUT2D eigenvalue weighted by atomic mass is 9.79. The van der Waals surface area contributed by atoms with E-state index in [4.69, 9.17) is 4.74 Å². The van der Waals surface area contributed by atoms with E-state index in [1.54, 1.807) is 13.0 Å². The molecule has 3 rings (SSSR count). The van der Waals surface area contributed by atoms with Gasteiger partial charge >= 0.3 is 0 Å². The van der Waals surface area contributed by atoms with Crippen LogP contribution in [-0.4, -0.2) is 47.8 Å². The Balaban J connectivity index is 1.95. The van der Waals surface area contributed by atoms with Crippen LogP contribution < -0.4 is 5.32 Å². The smallest absolute Gasteiger partial charge is 0.246 e. The van der Waals surface area contributed by atoms with Crippen molar-refractivity contribution >= 4 is 5.91 Å². The first-order valence-corrected chi connectivity index (χ1v) is 9.45. The number of carbonyl (C=O) groups is 1. The number of hydrogen-bond acceptors (Lipinski definition) is 4. The van der Waals surface area contributed by atoms with E-state index in [-0.39, 0.29) is 24.4 Å². The summed E-state index contributed by atoms with van der Waals surface area (Å²) in [5, 5.41) is 14.0. The number of aliphatic hydroxyl groups is 1. The molecule has 6 heteroatoms. The number of likely N-dealkylation sites (tertiary alicyclic amines) is 1. The second kappa shape index (κ2) is 8.82. The highest BCUT2D eigenvalue weighted by Gasteiger charge is 2.46. The standard InChI is InChI=1S/C22H27FN2O3/c1-22(27)11-12-25(14-16-7-6-10-18(23)13-16)20(17-8-4-3-5-9-17)21(22)24-19(26)15-28-2/h3-10,13,20-21,27H,11-12,14-15H2,1-2H3,(H,24,26). The monoisotopic (exact) mass is 386 g/mol. The van der Waals surface area contributed by atoms with Crippen LogP contribution in [0, 0.1) is 5.82 Å². The Kier molecular flexibility index (Phi) is 6.44. The van der Waals surface area contributed by atoms with Gasteiger partial charge in [0.15, 0.2) is 0 Å². The third-order valence-corrected chi connectivity index (χ3v) is 5.29. The second-order valence-electron chi connectivity index (χ2n) is 7.54. The molecule has 0 radical (unpaired) electrons. The summed E-state index contributed by atoms with van der Waals surface area (Å²) in [6.07, 6.45) is 0.490. The second-order valence-corrected chi connectivity index (χ2v) is 7.54. The molecule has 1 heterocycles. The highest BCUT2D eigenvalue weighted by atomic mass is 19.1. The molecule has 2 aromatic carbocycles. The zero-order valence-electron chi connectivity index (χ0n) is 16.3. The quantitative estimate of drug-likeness (QED) is 0.801. The maximum atomic E-state index is 13.7. The number of halogens is 1. The van der Waals surface area contributed by atoms with Gasteiger partial charge in [-0.05, 0) is 36.6 Å². The molecule has 5 nitrogen and oxygen atoms in total. The molecule has 1 amide bonds. The van der Waals surface area contributed by atoms with Crippen LogP contribution in [0.4, 0.5) is 4.39 Å². The van der Waals surface area contributed by atoms with E-state index in [2.05, 4.69) is 10.2 Å². The lowest BCUT2D eigenvalue weighted by Gasteiger charge is -2.49. The minimum atomic E-state index is -1.08. The number of nitrogens with zero attached hydrogens (tertiary/aromatic N) is 1. The zero-order chi connectivity index (χ0) is 20.1. The molecule has 28 heavy (non-hydrogen) atoms. The van der Waals surface area contributed by atoms with Crippen molar-refractivity contribution in [3.8, 4) is 0 Å². The van der Waals surface area contributed by atoms with Crippen LogP contribution in [0.5, 0.6) is 0 Å². The summed E-state index contributed by atoms with van der Waals surface area (Å²) in [6.45, 7) is 2.82. The number of carbonyl (C=O) groups excluding carboxylic acids is 1. The molecule has 2 N–H and O–H groups in total. The summed E-state index contributed by atoms with van der Waals surface area (Å²) < 4.78 is 18.6. The summed E-state index contributed by atoms with van der Waals surface area (Å²) >= 11 is 0. The van der Waals surface area contributed by atoms with Crippen molar-refractivity contribution in [3.63, 3.8) is 0 Å². The molecule has 1 aliphatic heterocycles. The maximum absolute atomic E-state index is 13.7. The van der Waals surface area contributed by atoms with Crippen LogP contribution in [-0.2, 0) is 16.1 Å². The van der Waals surface area contributed by atoms with E-state index in [0.29, 0.717) is 19.5 Å². The SMILES string of the molecule is COCC(=O)NC1C(c2ccccc2)N(Cc2cccc(F)c2)CCC1(C)O. The Bertz CT molecular complexity index is 797. The van der Waals surface area contributed by atoms with E-state index in [1.165, 1.54) is 19.2 Å². The molecule has 3 unspecified atom stereocenters. The number of hydrogen-bond donors (Lipinski definition) is 2. The van der Waals surface area contributed by atoms with Crippen LogP contribution in [0.1, 0.15) is 30.5 Å². The zero-order valence-corrected chi connectivity index (χ0v) is 16.3. The van der Waals surface area contributed by atoms with Crippen LogP contribution in [0.2, 0.25) is 0 Å². The van der Waals surface area contributed by atoms with Gasteiger partial charge < -0.3 is 15.2 Å². The van der Waals surface area contributed by atoms with Gasteiger partial charge in [-0.2, -0.15) is 0 Å². The average Bonchev–Trinajstić information content (AvgIpc) is 2.66. The minimum Gasteiger partial charge on any atom is -0.388 e. The fourth-order valence-corrected chi connectivity index (χ4v) is 3.90. The highest BCUT2D eigenvalue weighted by Crippen LogP contribution is 2.37.